The van der Waals surface area contributed by atoms with E-state index in [9.17, 15) is 8.42 Å². The molecule has 0 unspecified atom stereocenters. The Morgan fingerprint density at radius 1 is 1.43 bits per heavy atom. The van der Waals surface area contributed by atoms with Crippen LogP contribution in [0.2, 0.25) is 0 Å². The Balaban J connectivity index is 2.38. The molecular weight excluding hydrogens is 324 g/mol. The predicted octanol–water partition coefficient (Wildman–Crippen LogP) is 2.15. The molecule has 21 heavy (non-hydrogen) atoms. The molecule has 7 heteroatoms. The first-order valence-electron chi connectivity index (χ1n) is 6.68. The number of thiocarbonyl (C=S) groups is 1. The number of hydrogen-bond acceptors (Lipinski definition) is 4. The van der Waals surface area contributed by atoms with E-state index in [2.05, 4.69) is 13.8 Å². The maximum atomic E-state index is 12.8. The summed E-state index contributed by atoms with van der Waals surface area (Å²) in [6.07, 6.45) is 0. The molecule has 1 aromatic rings. The van der Waals surface area contributed by atoms with Crippen LogP contribution >= 0.6 is 24.0 Å². The fourth-order valence-electron chi connectivity index (χ4n) is 2.41. The summed E-state index contributed by atoms with van der Waals surface area (Å²) in [5.41, 5.74) is 6.96. The van der Waals surface area contributed by atoms with Crippen LogP contribution in [0.3, 0.4) is 0 Å². The van der Waals surface area contributed by atoms with Gasteiger partial charge in [-0.1, -0.05) is 18.3 Å². The largest absolute Gasteiger partial charge is 0.389 e. The molecular formula is C14H20N2O2S3. The Morgan fingerprint density at radius 2 is 2.10 bits per heavy atom. The Bertz CT molecular complexity index is 669. The third-order valence-electron chi connectivity index (χ3n) is 3.47. The summed E-state index contributed by atoms with van der Waals surface area (Å²) >= 11 is 6.73. The van der Waals surface area contributed by atoms with Crippen molar-refractivity contribution in [2.24, 2.45) is 5.73 Å². The topological polar surface area (TPSA) is 63.4 Å². The van der Waals surface area contributed by atoms with Crippen molar-refractivity contribution in [1.82, 2.24) is 4.31 Å². The molecule has 1 fully saturated rings. The molecule has 1 saturated heterocycles. The van der Waals surface area contributed by atoms with E-state index < -0.39 is 10.0 Å². The number of thioether (sulfide) groups is 1. The van der Waals surface area contributed by atoms with Crippen molar-refractivity contribution in [1.29, 1.82) is 0 Å². The average molecular weight is 345 g/mol. The Morgan fingerprint density at radius 3 is 2.62 bits per heavy atom. The Kier molecular flexibility index (Phi) is 4.68. The Labute approximate surface area is 136 Å². The molecule has 1 aliphatic heterocycles. The molecule has 0 radical (unpaired) electrons. The average Bonchev–Trinajstić information content (AvgIpc) is 2.36. The summed E-state index contributed by atoms with van der Waals surface area (Å²) in [7, 11) is -3.47. The lowest BCUT2D eigenvalue weighted by atomic mass is 10.1. The maximum absolute atomic E-state index is 12.8. The zero-order valence-electron chi connectivity index (χ0n) is 12.4. The second-order valence-corrected chi connectivity index (χ2v) is 9.94. The molecule has 1 aromatic carbocycles. The van der Waals surface area contributed by atoms with Gasteiger partial charge >= 0.3 is 0 Å². The van der Waals surface area contributed by atoms with Gasteiger partial charge in [0, 0.05) is 29.2 Å². The third-order valence-corrected chi connectivity index (χ3v) is 7.01. The zero-order valence-corrected chi connectivity index (χ0v) is 14.9. The summed E-state index contributed by atoms with van der Waals surface area (Å²) in [5, 5.41) is 0. The summed E-state index contributed by atoms with van der Waals surface area (Å²) in [6.45, 7) is 6.99. The van der Waals surface area contributed by atoms with Crippen molar-refractivity contribution in [2.45, 2.75) is 30.4 Å². The SMILES string of the molecule is Cc1cc(C(N)=S)ccc1S(=O)(=O)N1CCSC(C)(C)C1. The van der Waals surface area contributed by atoms with Gasteiger partial charge in [-0.2, -0.15) is 16.1 Å². The molecule has 0 amide bonds. The first-order valence-corrected chi connectivity index (χ1v) is 9.51. The summed E-state index contributed by atoms with van der Waals surface area (Å²) < 4.78 is 27.2. The molecule has 0 bridgehead atoms. The van der Waals surface area contributed by atoms with Crippen molar-refractivity contribution in [2.75, 3.05) is 18.8 Å². The minimum absolute atomic E-state index is 0.0575. The van der Waals surface area contributed by atoms with Gasteiger partial charge in [-0.15, -0.1) is 0 Å². The molecule has 1 aliphatic rings. The molecule has 0 aromatic heterocycles. The van der Waals surface area contributed by atoms with Crippen molar-refractivity contribution < 1.29 is 8.42 Å². The zero-order chi connectivity index (χ0) is 15.8. The van der Waals surface area contributed by atoms with Crippen LogP contribution < -0.4 is 5.73 Å². The molecule has 2 N–H and O–H groups in total. The van der Waals surface area contributed by atoms with Gasteiger partial charge in [-0.25, -0.2) is 8.42 Å². The van der Waals surface area contributed by atoms with Crippen molar-refractivity contribution >= 4 is 39.0 Å². The van der Waals surface area contributed by atoms with Gasteiger partial charge in [0.15, 0.2) is 0 Å². The van der Waals surface area contributed by atoms with Crippen LogP contribution in [0.5, 0.6) is 0 Å². The first kappa shape index (κ1) is 16.7. The molecule has 0 saturated carbocycles. The van der Waals surface area contributed by atoms with Crippen molar-refractivity contribution in [3.63, 3.8) is 0 Å². The lowest BCUT2D eigenvalue weighted by Crippen LogP contribution is -2.46. The molecule has 2 rings (SSSR count). The summed E-state index contributed by atoms with van der Waals surface area (Å²) in [6, 6.07) is 5.01. The molecule has 0 spiro atoms. The third kappa shape index (κ3) is 3.59. The number of rotatable bonds is 3. The van der Waals surface area contributed by atoms with E-state index in [-0.39, 0.29) is 9.74 Å². The van der Waals surface area contributed by atoms with E-state index in [0.29, 0.717) is 29.1 Å². The number of nitrogens with zero attached hydrogens (tertiary/aromatic N) is 1. The van der Waals surface area contributed by atoms with Gasteiger partial charge in [-0.3, -0.25) is 0 Å². The van der Waals surface area contributed by atoms with Gasteiger partial charge < -0.3 is 5.73 Å². The number of sulfonamides is 1. The molecule has 4 nitrogen and oxygen atoms in total. The highest BCUT2D eigenvalue weighted by molar-refractivity contribution is 8.00. The van der Waals surface area contributed by atoms with Gasteiger partial charge in [-0.05, 0) is 38.5 Å². The fourth-order valence-corrected chi connectivity index (χ4v) is 5.65. The smallest absolute Gasteiger partial charge is 0.243 e. The van der Waals surface area contributed by atoms with E-state index in [1.807, 2.05) is 0 Å². The van der Waals surface area contributed by atoms with E-state index in [4.69, 9.17) is 18.0 Å². The summed E-state index contributed by atoms with van der Waals surface area (Å²) in [4.78, 5) is 0.614. The predicted molar refractivity (Wildman–Crippen MR) is 92.4 cm³/mol. The van der Waals surface area contributed by atoms with Crippen LogP contribution in [-0.4, -0.2) is 41.3 Å². The second-order valence-electron chi connectivity index (χ2n) is 5.79. The maximum Gasteiger partial charge on any atom is 0.243 e. The highest BCUT2D eigenvalue weighted by Gasteiger charge is 2.35. The van der Waals surface area contributed by atoms with E-state index in [0.717, 1.165) is 5.75 Å². The quantitative estimate of drug-likeness (QED) is 0.851. The van der Waals surface area contributed by atoms with E-state index in [1.54, 1.807) is 41.2 Å². The molecule has 116 valence electrons. The van der Waals surface area contributed by atoms with Gasteiger partial charge in [0.2, 0.25) is 10.0 Å². The monoisotopic (exact) mass is 344 g/mol. The lowest BCUT2D eigenvalue weighted by Gasteiger charge is -2.36. The highest BCUT2D eigenvalue weighted by Crippen LogP contribution is 2.33. The van der Waals surface area contributed by atoms with Gasteiger partial charge in [0.05, 0.1) is 4.90 Å². The van der Waals surface area contributed by atoms with Crippen LogP contribution in [0.25, 0.3) is 0 Å². The highest BCUT2D eigenvalue weighted by atomic mass is 32.2. The van der Waals surface area contributed by atoms with E-state index >= 15 is 0 Å². The summed E-state index contributed by atoms with van der Waals surface area (Å²) in [5.74, 6) is 0.816. The molecule has 1 heterocycles. The van der Waals surface area contributed by atoms with Crippen LogP contribution in [-0.2, 0) is 10.0 Å². The Hall–Kier alpha value is -0.630. The fraction of sp³-hybridized carbons (Fsp3) is 0.500. The van der Waals surface area contributed by atoms with Crippen LogP contribution in [0, 0.1) is 6.92 Å². The van der Waals surface area contributed by atoms with Crippen LogP contribution in [0.15, 0.2) is 23.1 Å². The number of hydrogen-bond donors (Lipinski definition) is 1. The van der Waals surface area contributed by atoms with Crippen molar-refractivity contribution in [3.8, 4) is 0 Å². The number of aryl methyl sites for hydroxylation is 1. The van der Waals surface area contributed by atoms with Crippen LogP contribution in [0.4, 0.5) is 0 Å². The molecule has 0 atom stereocenters. The second kappa shape index (κ2) is 5.87. The van der Waals surface area contributed by atoms with Gasteiger partial charge in [0.1, 0.15) is 4.99 Å². The van der Waals surface area contributed by atoms with Gasteiger partial charge in [0.25, 0.3) is 0 Å². The van der Waals surface area contributed by atoms with Crippen molar-refractivity contribution in [3.05, 3.63) is 29.3 Å². The standard InChI is InChI=1S/C14H20N2O2S3/c1-10-8-11(13(15)19)4-5-12(10)21(17,18)16-6-7-20-14(2,3)9-16/h4-5,8H,6-7,9H2,1-3H3,(H2,15,19). The van der Waals surface area contributed by atoms with Crippen LogP contribution in [0.1, 0.15) is 25.0 Å². The normalized spacial score (nSPS) is 19.4. The number of nitrogens with two attached hydrogens (primary N) is 1. The first-order chi connectivity index (χ1) is 9.63. The minimum atomic E-state index is -3.47. The molecule has 0 aliphatic carbocycles. The lowest BCUT2D eigenvalue weighted by molar-refractivity contribution is 0.387. The minimum Gasteiger partial charge on any atom is -0.389 e. The number of benzene rings is 1. The van der Waals surface area contributed by atoms with E-state index in [1.165, 1.54) is 0 Å².